The number of pyridine rings is 1. The van der Waals surface area contributed by atoms with E-state index in [1.807, 2.05) is 18.5 Å². The van der Waals surface area contributed by atoms with E-state index in [1.54, 1.807) is 6.33 Å². The summed E-state index contributed by atoms with van der Waals surface area (Å²) in [6.07, 6.45) is 6.51. The molecule has 5 heteroatoms. The maximum Gasteiger partial charge on any atom is 0.0922 e. The van der Waals surface area contributed by atoms with Crippen molar-refractivity contribution in [1.29, 1.82) is 0 Å². The molecule has 1 fully saturated rings. The molecule has 0 unspecified atom stereocenters. The molecule has 5 nitrogen and oxygen atoms in total. The van der Waals surface area contributed by atoms with Crippen LogP contribution in [0.25, 0.3) is 10.9 Å². The smallest absolute Gasteiger partial charge is 0.0922 e. The number of fused-ring (bicyclic) bond motifs is 1. The van der Waals surface area contributed by atoms with Gasteiger partial charge in [-0.2, -0.15) is 0 Å². The van der Waals surface area contributed by atoms with E-state index in [0.29, 0.717) is 5.92 Å². The Balaban J connectivity index is 1.45. The maximum absolute atomic E-state index is 5.84. The lowest BCUT2D eigenvalue weighted by Crippen LogP contribution is -2.30. The van der Waals surface area contributed by atoms with Gasteiger partial charge in [-0.05, 0) is 36.1 Å². The summed E-state index contributed by atoms with van der Waals surface area (Å²) in [5.41, 5.74) is 3.57. The number of aromatic nitrogens is 3. The fourth-order valence-corrected chi connectivity index (χ4v) is 3.42. The van der Waals surface area contributed by atoms with Crippen LogP contribution in [0.3, 0.4) is 0 Å². The molecule has 124 valence electrons. The summed E-state index contributed by atoms with van der Waals surface area (Å²) >= 11 is 0. The molecule has 0 aliphatic carbocycles. The van der Waals surface area contributed by atoms with Gasteiger partial charge in [-0.1, -0.05) is 12.1 Å². The van der Waals surface area contributed by atoms with Gasteiger partial charge >= 0.3 is 0 Å². The van der Waals surface area contributed by atoms with Gasteiger partial charge in [0.05, 0.1) is 25.1 Å². The van der Waals surface area contributed by atoms with Crippen LogP contribution in [0.1, 0.15) is 11.3 Å². The average Bonchev–Trinajstić information content (AvgIpc) is 3.01. The van der Waals surface area contributed by atoms with Crippen molar-refractivity contribution < 1.29 is 4.74 Å². The van der Waals surface area contributed by atoms with Gasteiger partial charge in [0, 0.05) is 43.1 Å². The lowest BCUT2D eigenvalue weighted by Gasteiger charge is -2.22. The lowest BCUT2D eigenvalue weighted by molar-refractivity contribution is 0.121. The van der Waals surface area contributed by atoms with E-state index in [-0.39, 0.29) is 0 Å². The van der Waals surface area contributed by atoms with Gasteiger partial charge in [-0.15, -0.1) is 0 Å². The Hall–Kier alpha value is -2.24. The molecule has 1 aromatic carbocycles. The quantitative estimate of drug-likeness (QED) is 0.802. The zero-order valence-corrected chi connectivity index (χ0v) is 13.7. The summed E-state index contributed by atoms with van der Waals surface area (Å²) in [4.78, 5) is 14.1. The zero-order chi connectivity index (χ0) is 16.2. The Morgan fingerprint density at radius 3 is 3.21 bits per heavy atom. The van der Waals surface area contributed by atoms with Crippen molar-refractivity contribution in [3.05, 3.63) is 60.3 Å². The minimum absolute atomic E-state index is 0.504. The number of benzene rings is 1. The fourth-order valence-electron chi connectivity index (χ4n) is 3.42. The Labute approximate surface area is 141 Å². The Morgan fingerprint density at radius 2 is 2.29 bits per heavy atom. The molecule has 1 N–H and O–H groups in total. The van der Waals surface area contributed by atoms with Gasteiger partial charge in [0.2, 0.25) is 0 Å². The number of imidazole rings is 1. The van der Waals surface area contributed by atoms with E-state index in [4.69, 9.17) is 4.74 Å². The zero-order valence-electron chi connectivity index (χ0n) is 13.7. The van der Waals surface area contributed by atoms with Crippen molar-refractivity contribution in [2.45, 2.75) is 13.0 Å². The number of hydrogen-bond acceptors (Lipinski definition) is 4. The third-order valence-electron chi connectivity index (χ3n) is 4.56. The van der Waals surface area contributed by atoms with Crippen LogP contribution in [0, 0.1) is 5.92 Å². The highest BCUT2D eigenvalue weighted by Crippen LogP contribution is 2.19. The van der Waals surface area contributed by atoms with E-state index in [0.717, 1.165) is 50.5 Å². The van der Waals surface area contributed by atoms with Crippen LogP contribution in [0.15, 0.2) is 49.1 Å². The van der Waals surface area contributed by atoms with Crippen LogP contribution >= 0.6 is 0 Å². The van der Waals surface area contributed by atoms with Crippen LogP contribution in [-0.2, 0) is 17.7 Å². The second kappa shape index (κ2) is 7.11. The minimum Gasteiger partial charge on any atom is -0.380 e. The average molecular weight is 322 g/mol. The lowest BCUT2D eigenvalue weighted by atomic mass is 9.98. The van der Waals surface area contributed by atoms with Crippen LogP contribution in [0.2, 0.25) is 0 Å². The Bertz CT molecular complexity index is 787. The van der Waals surface area contributed by atoms with Gasteiger partial charge in [-0.3, -0.25) is 9.88 Å². The highest BCUT2D eigenvalue weighted by atomic mass is 16.5. The van der Waals surface area contributed by atoms with Crippen molar-refractivity contribution in [1.82, 2.24) is 19.9 Å². The highest BCUT2D eigenvalue weighted by Gasteiger charge is 2.19. The first-order valence-corrected chi connectivity index (χ1v) is 8.48. The van der Waals surface area contributed by atoms with E-state index < -0.39 is 0 Å². The number of ether oxygens (including phenoxy) is 1. The molecule has 0 bridgehead atoms. The van der Waals surface area contributed by atoms with E-state index >= 15 is 0 Å². The summed E-state index contributed by atoms with van der Waals surface area (Å²) in [5, 5.41) is 1.21. The topological polar surface area (TPSA) is 54.0 Å². The van der Waals surface area contributed by atoms with Crippen molar-refractivity contribution in [3.8, 4) is 0 Å². The SMILES string of the molecule is c1cnc2ccc(C[C@H]3COCCN(Cc4cnc[nH]4)C3)cc2c1. The molecular weight excluding hydrogens is 300 g/mol. The molecular formula is C19H22N4O. The first kappa shape index (κ1) is 15.3. The van der Waals surface area contributed by atoms with Gasteiger partial charge in [-0.25, -0.2) is 4.98 Å². The second-order valence-electron chi connectivity index (χ2n) is 6.49. The third kappa shape index (κ3) is 3.63. The first-order valence-electron chi connectivity index (χ1n) is 8.48. The predicted octanol–water partition coefficient (Wildman–Crippen LogP) is 2.65. The predicted molar refractivity (Wildman–Crippen MR) is 93.6 cm³/mol. The fraction of sp³-hybridized carbons (Fsp3) is 0.368. The number of rotatable bonds is 4. The molecule has 24 heavy (non-hydrogen) atoms. The molecule has 0 radical (unpaired) electrons. The molecule has 3 aromatic rings. The molecule has 1 aliphatic rings. The van der Waals surface area contributed by atoms with Crippen LogP contribution < -0.4 is 0 Å². The summed E-state index contributed by atoms with van der Waals surface area (Å²) in [5.74, 6) is 0.504. The van der Waals surface area contributed by atoms with E-state index in [1.165, 1.54) is 10.9 Å². The Kier molecular flexibility index (Phi) is 4.53. The number of hydrogen-bond donors (Lipinski definition) is 1. The molecule has 3 heterocycles. The van der Waals surface area contributed by atoms with Crippen LogP contribution in [-0.4, -0.2) is 46.2 Å². The molecule has 0 saturated carbocycles. The summed E-state index contributed by atoms with van der Waals surface area (Å²) in [6, 6.07) is 10.7. The number of aromatic amines is 1. The van der Waals surface area contributed by atoms with Gasteiger partial charge in [0.25, 0.3) is 0 Å². The third-order valence-corrected chi connectivity index (χ3v) is 4.56. The normalized spacial score (nSPS) is 19.4. The van der Waals surface area contributed by atoms with Crippen molar-refractivity contribution in [3.63, 3.8) is 0 Å². The molecule has 2 aromatic heterocycles. The molecule has 4 rings (SSSR count). The summed E-state index contributed by atoms with van der Waals surface area (Å²) in [6.45, 7) is 4.54. The first-order chi connectivity index (χ1) is 11.9. The van der Waals surface area contributed by atoms with Crippen LogP contribution in [0.5, 0.6) is 0 Å². The van der Waals surface area contributed by atoms with Crippen molar-refractivity contribution >= 4 is 10.9 Å². The largest absolute Gasteiger partial charge is 0.380 e. The highest BCUT2D eigenvalue weighted by molar-refractivity contribution is 5.78. The van der Waals surface area contributed by atoms with Gasteiger partial charge in [0.15, 0.2) is 0 Å². The molecule has 0 amide bonds. The molecule has 1 saturated heterocycles. The maximum atomic E-state index is 5.84. The van der Waals surface area contributed by atoms with Gasteiger partial charge < -0.3 is 9.72 Å². The molecule has 1 aliphatic heterocycles. The molecule has 0 spiro atoms. The van der Waals surface area contributed by atoms with E-state index in [9.17, 15) is 0 Å². The Morgan fingerprint density at radius 1 is 1.29 bits per heavy atom. The summed E-state index contributed by atoms with van der Waals surface area (Å²) < 4.78 is 5.84. The number of nitrogens with one attached hydrogen (secondary N) is 1. The summed E-state index contributed by atoms with van der Waals surface area (Å²) in [7, 11) is 0. The number of H-pyrrole nitrogens is 1. The monoisotopic (exact) mass is 322 g/mol. The van der Waals surface area contributed by atoms with Crippen molar-refractivity contribution in [2.24, 2.45) is 5.92 Å². The van der Waals surface area contributed by atoms with Crippen molar-refractivity contribution in [2.75, 3.05) is 26.3 Å². The minimum atomic E-state index is 0.504. The van der Waals surface area contributed by atoms with E-state index in [2.05, 4.69) is 44.1 Å². The van der Waals surface area contributed by atoms with Gasteiger partial charge in [0.1, 0.15) is 0 Å². The van der Waals surface area contributed by atoms with Crippen LogP contribution in [0.4, 0.5) is 0 Å². The molecule has 1 atom stereocenters. The number of nitrogens with zero attached hydrogens (tertiary/aromatic N) is 3. The second-order valence-corrected chi connectivity index (χ2v) is 6.49. The standard InChI is InChI=1S/C19H22N4O/c1-2-17-9-15(3-4-19(17)21-5-1)8-16-11-23(6-7-24-13-16)12-18-10-20-14-22-18/h1-5,9-10,14,16H,6-8,11-13H2,(H,20,22)/t16-/m1/s1.